The van der Waals surface area contributed by atoms with Gasteiger partial charge in [-0.05, 0) is 52.7 Å². The number of nitrogens with two attached hydrogens (primary N) is 1. The molecule has 0 unspecified atom stereocenters. The Morgan fingerprint density at radius 3 is 2.65 bits per heavy atom. The molecule has 0 fully saturated rings. The van der Waals surface area contributed by atoms with Gasteiger partial charge in [-0.25, -0.2) is 4.98 Å². The van der Waals surface area contributed by atoms with Gasteiger partial charge in [-0.3, -0.25) is 0 Å². The highest BCUT2D eigenvalue weighted by atomic mass is 79.9. The van der Waals surface area contributed by atoms with Gasteiger partial charge < -0.3 is 11.1 Å². The minimum absolute atomic E-state index is 0.639. The van der Waals surface area contributed by atoms with Crippen LogP contribution < -0.4 is 11.1 Å². The van der Waals surface area contributed by atoms with E-state index >= 15 is 0 Å². The van der Waals surface area contributed by atoms with Crippen LogP contribution in [-0.4, -0.2) is 4.98 Å². The first kappa shape index (κ1) is 12.4. The van der Waals surface area contributed by atoms with Crippen LogP contribution in [0.3, 0.4) is 0 Å². The fraction of sp³-hybridized carbons (Fsp3) is 0.0833. The van der Waals surface area contributed by atoms with E-state index in [-0.39, 0.29) is 0 Å². The van der Waals surface area contributed by atoms with E-state index in [0.29, 0.717) is 11.5 Å². The second-order valence-corrected chi connectivity index (χ2v) is 5.47. The van der Waals surface area contributed by atoms with Crippen molar-refractivity contribution in [2.24, 2.45) is 0 Å². The van der Waals surface area contributed by atoms with Crippen LogP contribution >= 0.6 is 31.9 Å². The largest absolute Gasteiger partial charge is 0.396 e. The molecule has 88 valence electrons. The molecule has 0 amide bonds. The number of nitrogens with zero attached hydrogens (tertiary/aromatic N) is 1. The molecule has 0 spiro atoms. The average molecular weight is 357 g/mol. The van der Waals surface area contributed by atoms with Crippen molar-refractivity contribution in [1.82, 2.24) is 4.98 Å². The third kappa shape index (κ3) is 2.98. The molecule has 0 radical (unpaired) electrons. The van der Waals surface area contributed by atoms with E-state index < -0.39 is 0 Å². The number of hydrogen-bond acceptors (Lipinski definition) is 3. The lowest BCUT2D eigenvalue weighted by Gasteiger charge is -2.10. The van der Waals surface area contributed by atoms with Crippen LogP contribution in [-0.2, 0) is 0 Å². The first-order chi connectivity index (χ1) is 8.06. The molecule has 2 aromatic rings. The lowest BCUT2D eigenvalue weighted by molar-refractivity contribution is 1.26. The summed E-state index contributed by atoms with van der Waals surface area (Å²) in [6, 6.07) is 7.77. The second-order valence-electron chi connectivity index (χ2n) is 3.70. The first-order valence-electron chi connectivity index (χ1n) is 5.00. The zero-order valence-corrected chi connectivity index (χ0v) is 12.3. The number of anilines is 3. The van der Waals surface area contributed by atoms with Crippen LogP contribution in [0.25, 0.3) is 0 Å². The van der Waals surface area contributed by atoms with Crippen molar-refractivity contribution in [3.05, 3.63) is 45.0 Å². The Bertz CT molecular complexity index is 506. The first-order valence-corrected chi connectivity index (χ1v) is 6.59. The van der Waals surface area contributed by atoms with E-state index in [9.17, 15) is 0 Å². The fourth-order valence-corrected chi connectivity index (χ4v) is 2.56. The minimum Gasteiger partial charge on any atom is -0.396 e. The molecule has 1 aromatic carbocycles. The summed E-state index contributed by atoms with van der Waals surface area (Å²) in [5.41, 5.74) is 8.51. The Balaban J connectivity index is 2.31. The number of aromatic nitrogens is 1. The van der Waals surface area contributed by atoms with Crippen LogP contribution in [0.2, 0.25) is 0 Å². The van der Waals surface area contributed by atoms with E-state index in [4.69, 9.17) is 5.73 Å². The second kappa shape index (κ2) is 5.06. The molecule has 0 saturated carbocycles. The number of pyridine rings is 1. The Hall–Kier alpha value is -1.07. The molecule has 17 heavy (non-hydrogen) atoms. The fourth-order valence-electron chi connectivity index (χ4n) is 1.41. The number of nitrogen functional groups attached to an aromatic ring is 1. The summed E-state index contributed by atoms with van der Waals surface area (Å²) in [4.78, 5) is 4.27. The van der Waals surface area contributed by atoms with Crippen molar-refractivity contribution in [2.75, 3.05) is 11.1 Å². The molecule has 0 aliphatic rings. The van der Waals surface area contributed by atoms with Gasteiger partial charge in [-0.1, -0.05) is 15.9 Å². The molecular weight excluding hydrogens is 346 g/mol. The zero-order valence-electron chi connectivity index (χ0n) is 9.17. The molecule has 1 heterocycles. The van der Waals surface area contributed by atoms with Crippen molar-refractivity contribution in [3.8, 4) is 0 Å². The van der Waals surface area contributed by atoms with Crippen molar-refractivity contribution in [2.45, 2.75) is 6.92 Å². The maximum atomic E-state index is 5.90. The third-order valence-electron chi connectivity index (χ3n) is 2.24. The van der Waals surface area contributed by atoms with Crippen LogP contribution in [0.4, 0.5) is 17.2 Å². The van der Waals surface area contributed by atoms with Gasteiger partial charge in [0.1, 0.15) is 0 Å². The quantitative estimate of drug-likeness (QED) is 0.846. The lowest BCUT2D eigenvalue weighted by Crippen LogP contribution is -2.00. The lowest BCUT2D eigenvalue weighted by atomic mass is 10.2. The van der Waals surface area contributed by atoms with Crippen LogP contribution in [0.15, 0.2) is 39.4 Å². The molecule has 1 aromatic heterocycles. The highest BCUT2D eigenvalue weighted by Crippen LogP contribution is 2.29. The summed E-state index contributed by atoms with van der Waals surface area (Å²) in [6.45, 7) is 1.96. The summed E-state index contributed by atoms with van der Waals surface area (Å²) in [5, 5.41) is 3.19. The number of benzene rings is 1. The van der Waals surface area contributed by atoms with Gasteiger partial charge in [0.2, 0.25) is 0 Å². The average Bonchev–Trinajstić information content (AvgIpc) is 2.25. The zero-order chi connectivity index (χ0) is 12.4. The molecule has 0 bridgehead atoms. The van der Waals surface area contributed by atoms with Gasteiger partial charge in [0.15, 0.2) is 5.82 Å². The minimum atomic E-state index is 0.639. The number of hydrogen-bond donors (Lipinski definition) is 2. The summed E-state index contributed by atoms with van der Waals surface area (Å²) < 4.78 is 1.97. The van der Waals surface area contributed by atoms with Crippen LogP contribution in [0.1, 0.15) is 5.56 Å². The maximum Gasteiger partial charge on any atom is 0.153 e. The standard InChI is InChI=1S/C12H11Br2N3/c1-7-4-10(15)12(16-6-7)17-11-3-2-8(13)5-9(11)14/h2-6H,15H2,1H3,(H,16,17). The topological polar surface area (TPSA) is 50.9 Å². The van der Waals surface area contributed by atoms with Crippen molar-refractivity contribution >= 4 is 49.1 Å². The molecule has 3 nitrogen and oxygen atoms in total. The monoisotopic (exact) mass is 355 g/mol. The highest BCUT2D eigenvalue weighted by molar-refractivity contribution is 9.11. The normalized spacial score (nSPS) is 10.3. The number of nitrogens with one attached hydrogen (secondary N) is 1. The Morgan fingerprint density at radius 2 is 2.00 bits per heavy atom. The molecular formula is C12H11Br2N3. The molecule has 5 heteroatoms. The summed E-state index contributed by atoms with van der Waals surface area (Å²) in [7, 11) is 0. The summed E-state index contributed by atoms with van der Waals surface area (Å²) in [6.07, 6.45) is 1.78. The van der Waals surface area contributed by atoms with E-state index in [1.807, 2.05) is 31.2 Å². The Kier molecular flexibility index (Phi) is 3.69. The number of aryl methyl sites for hydroxylation is 1. The molecule has 0 aliphatic carbocycles. The van der Waals surface area contributed by atoms with Gasteiger partial charge in [-0.2, -0.15) is 0 Å². The predicted octanol–water partition coefficient (Wildman–Crippen LogP) is 4.24. The molecule has 0 aliphatic heterocycles. The van der Waals surface area contributed by atoms with Crippen molar-refractivity contribution < 1.29 is 0 Å². The summed E-state index contributed by atoms with van der Waals surface area (Å²) >= 11 is 6.89. The molecule has 3 N–H and O–H groups in total. The predicted molar refractivity (Wildman–Crippen MR) is 78.5 cm³/mol. The van der Waals surface area contributed by atoms with Gasteiger partial charge in [0, 0.05) is 15.1 Å². The molecule has 0 saturated heterocycles. The smallest absolute Gasteiger partial charge is 0.153 e. The SMILES string of the molecule is Cc1cnc(Nc2ccc(Br)cc2Br)c(N)c1. The Morgan fingerprint density at radius 1 is 1.24 bits per heavy atom. The van der Waals surface area contributed by atoms with E-state index in [1.54, 1.807) is 6.20 Å². The van der Waals surface area contributed by atoms with Crippen molar-refractivity contribution in [3.63, 3.8) is 0 Å². The van der Waals surface area contributed by atoms with Gasteiger partial charge in [0.25, 0.3) is 0 Å². The van der Waals surface area contributed by atoms with Gasteiger partial charge in [-0.15, -0.1) is 0 Å². The van der Waals surface area contributed by atoms with Crippen LogP contribution in [0, 0.1) is 6.92 Å². The molecule has 0 atom stereocenters. The van der Waals surface area contributed by atoms with Crippen molar-refractivity contribution in [1.29, 1.82) is 0 Å². The number of rotatable bonds is 2. The Labute approximate surface area is 117 Å². The highest BCUT2D eigenvalue weighted by Gasteiger charge is 2.05. The molecule has 2 rings (SSSR count). The van der Waals surface area contributed by atoms with Crippen LogP contribution in [0.5, 0.6) is 0 Å². The van der Waals surface area contributed by atoms with Gasteiger partial charge >= 0.3 is 0 Å². The number of halogens is 2. The van der Waals surface area contributed by atoms with E-state index in [0.717, 1.165) is 20.2 Å². The van der Waals surface area contributed by atoms with Gasteiger partial charge in [0.05, 0.1) is 11.4 Å². The van der Waals surface area contributed by atoms with E-state index in [1.165, 1.54) is 0 Å². The maximum absolute atomic E-state index is 5.90. The summed E-state index contributed by atoms with van der Waals surface area (Å²) in [5.74, 6) is 0.665. The van der Waals surface area contributed by atoms with E-state index in [2.05, 4.69) is 42.2 Å². The third-order valence-corrected chi connectivity index (χ3v) is 3.39.